The summed E-state index contributed by atoms with van der Waals surface area (Å²) in [6.45, 7) is 1.96. The molecule has 0 saturated heterocycles. The molecule has 0 bridgehead atoms. The molecular weight excluding hydrogens is 316 g/mol. The smallest absolute Gasteiger partial charge is 0.151 e. The molecular formula is C14H10BrClO2. The molecule has 0 saturated carbocycles. The molecule has 18 heavy (non-hydrogen) atoms. The first-order chi connectivity index (χ1) is 8.60. The molecule has 0 atom stereocenters. The highest BCUT2D eigenvalue weighted by Gasteiger charge is 2.05. The minimum absolute atomic E-state index is 0.384. The Morgan fingerprint density at radius 2 is 2.00 bits per heavy atom. The van der Waals surface area contributed by atoms with Crippen molar-refractivity contribution in [1.29, 1.82) is 0 Å². The van der Waals surface area contributed by atoms with E-state index in [0.29, 0.717) is 16.3 Å². The zero-order valence-corrected chi connectivity index (χ0v) is 12.0. The van der Waals surface area contributed by atoms with Crippen molar-refractivity contribution < 1.29 is 9.53 Å². The lowest BCUT2D eigenvalue weighted by molar-refractivity contribution is 0.112. The third-order valence-electron chi connectivity index (χ3n) is 2.48. The summed E-state index contributed by atoms with van der Waals surface area (Å²) in [7, 11) is 0. The number of aldehydes is 1. The van der Waals surface area contributed by atoms with Gasteiger partial charge in [-0.2, -0.15) is 0 Å². The van der Waals surface area contributed by atoms with Crippen molar-refractivity contribution in [2.24, 2.45) is 0 Å². The molecule has 0 aliphatic rings. The van der Waals surface area contributed by atoms with Gasteiger partial charge in [0, 0.05) is 16.1 Å². The molecule has 0 heterocycles. The Bertz CT molecular complexity index is 596. The molecule has 0 spiro atoms. The molecule has 92 valence electrons. The van der Waals surface area contributed by atoms with Crippen molar-refractivity contribution in [3.8, 4) is 11.5 Å². The standard InChI is InChI=1S/C14H10BrClO2/c1-9-2-4-11(15)6-14(9)18-12-5-3-10(8-17)13(16)7-12/h2-8H,1H3. The molecule has 2 aromatic carbocycles. The average Bonchev–Trinajstić information content (AvgIpc) is 2.34. The molecule has 0 aliphatic carbocycles. The van der Waals surface area contributed by atoms with E-state index in [9.17, 15) is 4.79 Å². The zero-order chi connectivity index (χ0) is 13.1. The minimum Gasteiger partial charge on any atom is -0.457 e. The molecule has 2 nitrogen and oxygen atoms in total. The van der Waals surface area contributed by atoms with Crippen molar-refractivity contribution >= 4 is 33.8 Å². The first-order valence-electron chi connectivity index (χ1n) is 5.29. The van der Waals surface area contributed by atoms with Gasteiger partial charge in [-0.3, -0.25) is 4.79 Å². The van der Waals surface area contributed by atoms with Gasteiger partial charge in [-0.15, -0.1) is 0 Å². The van der Waals surface area contributed by atoms with Gasteiger partial charge in [-0.1, -0.05) is 33.6 Å². The van der Waals surface area contributed by atoms with E-state index in [-0.39, 0.29) is 0 Å². The second-order valence-electron chi connectivity index (χ2n) is 3.81. The van der Waals surface area contributed by atoms with Gasteiger partial charge < -0.3 is 4.74 Å². The molecule has 0 fully saturated rings. The van der Waals surface area contributed by atoms with E-state index >= 15 is 0 Å². The zero-order valence-electron chi connectivity index (χ0n) is 9.61. The van der Waals surface area contributed by atoms with Gasteiger partial charge in [-0.05, 0) is 36.8 Å². The molecule has 0 aliphatic heterocycles. The Kier molecular flexibility index (Phi) is 4.04. The SMILES string of the molecule is Cc1ccc(Br)cc1Oc1ccc(C=O)c(Cl)c1. The summed E-state index contributed by atoms with van der Waals surface area (Å²) in [5.41, 5.74) is 1.48. The van der Waals surface area contributed by atoms with Gasteiger partial charge in [0.2, 0.25) is 0 Å². The third-order valence-corrected chi connectivity index (χ3v) is 3.30. The maximum Gasteiger partial charge on any atom is 0.151 e. The van der Waals surface area contributed by atoms with Crippen LogP contribution in [0.15, 0.2) is 40.9 Å². The molecule has 0 unspecified atom stereocenters. The maximum atomic E-state index is 10.7. The van der Waals surface area contributed by atoms with E-state index < -0.39 is 0 Å². The van der Waals surface area contributed by atoms with Crippen LogP contribution < -0.4 is 4.74 Å². The second-order valence-corrected chi connectivity index (χ2v) is 5.14. The van der Waals surface area contributed by atoms with E-state index in [1.807, 2.05) is 25.1 Å². The molecule has 2 aromatic rings. The lowest BCUT2D eigenvalue weighted by Gasteiger charge is -2.09. The molecule has 2 rings (SSSR count). The average molecular weight is 326 g/mol. The summed E-state index contributed by atoms with van der Waals surface area (Å²) in [6, 6.07) is 10.8. The van der Waals surface area contributed by atoms with Crippen LogP contribution >= 0.6 is 27.5 Å². The van der Waals surface area contributed by atoms with Crippen LogP contribution in [0.2, 0.25) is 5.02 Å². The number of ether oxygens (including phenoxy) is 1. The Balaban J connectivity index is 2.31. The first kappa shape index (κ1) is 13.1. The summed E-state index contributed by atoms with van der Waals surface area (Å²) in [5.74, 6) is 1.35. The lowest BCUT2D eigenvalue weighted by atomic mass is 10.2. The van der Waals surface area contributed by atoms with Crippen LogP contribution in [-0.2, 0) is 0 Å². The third kappa shape index (κ3) is 2.92. The van der Waals surface area contributed by atoms with Crippen molar-refractivity contribution in [2.45, 2.75) is 6.92 Å². The number of benzene rings is 2. The summed E-state index contributed by atoms with van der Waals surface area (Å²) in [5, 5.41) is 0.384. The van der Waals surface area contributed by atoms with Gasteiger partial charge in [0.1, 0.15) is 11.5 Å². The fourth-order valence-electron chi connectivity index (χ4n) is 1.48. The summed E-state index contributed by atoms with van der Waals surface area (Å²) < 4.78 is 6.68. The number of aryl methyl sites for hydroxylation is 1. The van der Waals surface area contributed by atoms with Gasteiger partial charge in [-0.25, -0.2) is 0 Å². The monoisotopic (exact) mass is 324 g/mol. The van der Waals surface area contributed by atoms with Gasteiger partial charge in [0.05, 0.1) is 5.02 Å². The number of hydrogen-bond donors (Lipinski definition) is 0. The topological polar surface area (TPSA) is 26.3 Å². The van der Waals surface area contributed by atoms with Crippen LogP contribution in [0.3, 0.4) is 0 Å². The van der Waals surface area contributed by atoms with Gasteiger partial charge in [0.15, 0.2) is 6.29 Å². The highest BCUT2D eigenvalue weighted by atomic mass is 79.9. The molecule has 4 heteroatoms. The van der Waals surface area contributed by atoms with Crippen LogP contribution in [-0.4, -0.2) is 6.29 Å². The Hall–Kier alpha value is -1.32. The number of carbonyl (C=O) groups is 1. The number of rotatable bonds is 3. The molecule has 0 amide bonds. The normalized spacial score (nSPS) is 10.2. The van der Waals surface area contributed by atoms with Crippen LogP contribution in [0.5, 0.6) is 11.5 Å². The van der Waals surface area contributed by atoms with Crippen LogP contribution in [0, 0.1) is 6.92 Å². The fourth-order valence-corrected chi connectivity index (χ4v) is 2.03. The van der Waals surface area contributed by atoms with E-state index in [2.05, 4.69) is 15.9 Å². The van der Waals surface area contributed by atoms with E-state index in [4.69, 9.17) is 16.3 Å². The quantitative estimate of drug-likeness (QED) is 0.741. The predicted octanol–water partition coefficient (Wildman–Crippen LogP) is 5.02. The number of halogens is 2. The van der Waals surface area contributed by atoms with Crippen LogP contribution in [0.1, 0.15) is 15.9 Å². The maximum absolute atomic E-state index is 10.7. The van der Waals surface area contributed by atoms with Crippen LogP contribution in [0.4, 0.5) is 0 Å². The van der Waals surface area contributed by atoms with E-state index in [1.165, 1.54) is 0 Å². The largest absolute Gasteiger partial charge is 0.457 e. The van der Waals surface area contributed by atoms with Gasteiger partial charge in [0.25, 0.3) is 0 Å². The highest BCUT2D eigenvalue weighted by molar-refractivity contribution is 9.10. The Morgan fingerprint density at radius 3 is 2.67 bits per heavy atom. The molecule has 0 N–H and O–H groups in total. The lowest BCUT2D eigenvalue weighted by Crippen LogP contribution is -1.89. The summed E-state index contributed by atoms with van der Waals surface area (Å²) >= 11 is 9.34. The minimum atomic E-state index is 0.384. The number of hydrogen-bond acceptors (Lipinski definition) is 2. The predicted molar refractivity (Wildman–Crippen MR) is 75.8 cm³/mol. The van der Waals surface area contributed by atoms with Crippen molar-refractivity contribution in [3.05, 3.63) is 57.0 Å². The van der Waals surface area contributed by atoms with Crippen molar-refractivity contribution in [1.82, 2.24) is 0 Å². The fraction of sp³-hybridized carbons (Fsp3) is 0.0714. The highest BCUT2D eigenvalue weighted by Crippen LogP contribution is 2.30. The summed E-state index contributed by atoms with van der Waals surface area (Å²) in [4.78, 5) is 10.7. The van der Waals surface area contributed by atoms with Gasteiger partial charge >= 0.3 is 0 Å². The summed E-state index contributed by atoms with van der Waals surface area (Å²) in [6.07, 6.45) is 0.719. The van der Waals surface area contributed by atoms with Crippen molar-refractivity contribution in [2.75, 3.05) is 0 Å². The van der Waals surface area contributed by atoms with Crippen LogP contribution in [0.25, 0.3) is 0 Å². The Morgan fingerprint density at radius 1 is 1.22 bits per heavy atom. The Labute approximate surface area is 119 Å². The number of carbonyl (C=O) groups excluding carboxylic acids is 1. The molecule has 0 aromatic heterocycles. The first-order valence-corrected chi connectivity index (χ1v) is 6.46. The molecule has 0 radical (unpaired) electrons. The van der Waals surface area contributed by atoms with E-state index in [1.54, 1.807) is 18.2 Å². The van der Waals surface area contributed by atoms with E-state index in [0.717, 1.165) is 22.1 Å². The second kappa shape index (κ2) is 5.55. The van der Waals surface area contributed by atoms with Crippen molar-refractivity contribution in [3.63, 3.8) is 0 Å².